The van der Waals surface area contributed by atoms with E-state index in [-0.39, 0.29) is 5.91 Å². The standard InChI is InChI=1S/C17H20ClN3O/c1-12-9-13(2)17(15(18)10-12)20-8-5-16(22)21-11-14-3-6-19-7-4-14/h3-4,6-7,9-10,20H,5,8,11H2,1-2H3,(H,21,22). The molecule has 0 aliphatic rings. The van der Waals surface area contributed by atoms with Crippen molar-refractivity contribution in [1.29, 1.82) is 0 Å². The Balaban J connectivity index is 1.78. The van der Waals surface area contributed by atoms with Crippen molar-refractivity contribution in [1.82, 2.24) is 10.3 Å². The molecule has 1 aromatic carbocycles. The zero-order valence-corrected chi connectivity index (χ0v) is 13.6. The number of halogens is 1. The van der Waals surface area contributed by atoms with Gasteiger partial charge in [-0.15, -0.1) is 0 Å². The molecule has 5 heteroatoms. The fourth-order valence-electron chi connectivity index (χ4n) is 2.23. The Bertz CT molecular complexity index is 621. The number of nitrogens with one attached hydrogen (secondary N) is 2. The maximum Gasteiger partial charge on any atom is 0.222 e. The van der Waals surface area contributed by atoms with Crippen LogP contribution in [0.5, 0.6) is 0 Å². The quantitative estimate of drug-likeness (QED) is 0.857. The molecule has 0 saturated heterocycles. The molecule has 116 valence electrons. The van der Waals surface area contributed by atoms with Gasteiger partial charge in [-0.25, -0.2) is 0 Å². The number of benzene rings is 1. The van der Waals surface area contributed by atoms with Crippen LogP contribution in [0.15, 0.2) is 36.7 Å². The van der Waals surface area contributed by atoms with E-state index in [4.69, 9.17) is 11.6 Å². The maximum absolute atomic E-state index is 11.8. The first kappa shape index (κ1) is 16.3. The molecule has 0 unspecified atom stereocenters. The summed E-state index contributed by atoms with van der Waals surface area (Å²) >= 11 is 6.22. The molecule has 2 N–H and O–H groups in total. The summed E-state index contributed by atoms with van der Waals surface area (Å²) in [4.78, 5) is 15.8. The molecule has 4 nitrogen and oxygen atoms in total. The van der Waals surface area contributed by atoms with Crippen molar-refractivity contribution < 1.29 is 4.79 Å². The van der Waals surface area contributed by atoms with Crippen molar-refractivity contribution >= 4 is 23.2 Å². The smallest absolute Gasteiger partial charge is 0.222 e. The summed E-state index contributed by atoms with van der Waals surface area (Å²) in [5, 5.41) is 6.81. The third-order valence-electron chi connectivity index (χ3n) is 3.32. The largest absolute Gasteiger partial charge is 0.383 e. The monoisotopic (exact) mass is 317 g/mol. The Morgan fingerprint density at radius 2 is 1.95 bits per heavy atom. The van der Waals surface area contributed by atoms with Gasteiger partial charge < -0.3 is 10.6 Å². The Hall–Kier alpha value is -2.07. The molecule has 1 heterocycles. The highest BCUT2D eigenvalue weighted by molar-refractivity contribution is 6.33. The van der Waals surface area contributed by atoms with Gasteiger partial charge in [0.25, 0.3) is 0 Å². The molecule has 2 aromatic rings. The van der Waals surface area contributed by atoms with Crippen LogP contribution in [0.3, 0.4) is 0 Å². The third kappa shape index (κ3) is 4.74. The number of amides is 1. The first-order valence-electron chi connectivity index (χ1n) is 7.22. The number of carbonyl (C=O) groups is 1. The van der Waals surface area contributed by atoms with Crippen LogP contribution in [0.4, 0.5) is 5.69 Å². The topological polar surface area (TPSA) is 54.0 Å². The van der Waals surface area contributed by atoms with Gasteiger partial charge in [-0.2, -0.15) is 0 Å². The Labute approximate surface area is 135 Å². The van der Waals surface area contributed by atoms with Crippen molar-refractivity contribution in [3.05, 3.63) is 58.4 Å². The lowest BCUT2D eigenvalue weighted by Crippen LogP contribution is -2.25. The minimum absolute atomic E-state index is 0.00481. The highest BCUT2D eigenvalue weighted by atomic mass is 35.5. The average Bonchev–Trinajstić information content (AvgIpc) is 2.49. The summed E-state index contributed by atoms with van der Waals surface area (Å²) < 4.78 is 0. The van der Waals surface area contributed by atoms with Crippen LogP contribution < -0.4 is 10.6 Å². The second-order valence-electron chi connectivity index (χ2n) is 5.25. The SMILES string of the molecule is Cc1cc(C)c(NCCC(=O)NCc2ccncc2)c(Cl)c1. The van der Waals surface area contributed by atoms with Gasteiger partial charge in [0, 0.05) is 31.9 Å². The first-order chi connectivity index (χ1) is 10.6. The molecule has 2 rings (SSSR count). The first-order valence-corrected chi connectivity index (χ1v) is 7.60. The van der Waals surface area contributed by atoms with Gasteiger partial charge in [0.05, 0.1) is 10.7 Å². The lowest BCUT2D eigenvalue weighted by atomic mass is 10.1. The van der Waals surface area contributed by atoms with E-state index in [1.165, 1.54) is 0 Å². The van der Waals surface area contributed by atoms with E-state index in [0.29, 0.717) is 24.5 Å². The van der Waals surface area contributed by atoms with Gasteiger partial charge >= 0.3 is 0 Å². The van der Waals surface area contributed by atoms with Crippen molar-refractivity contribution in [2.24, 2.45) is 0 Å². The fraction of sp³-hybridized carbons (Fsp3) is 0.294. The number of carbonyl (C=O) groups excluding carboxylic acids is 1. The number of aryl methyl sites for hydroxylation is 2. The van der Waals surface area contributed by atoms with Crippen molar-refractivity contribution in [2.45, 2.75) is 26.8 Å². The van der Waals surface area contributed by atoms with Crippen molar-refractivity contribution in [2.75, 3.05) is 11.9 Å². The molecule has 0 aliphatic heterocycles. The number of hydrogen-bond acceptors (Lipinski definition) is 3. The second kappa shape index (κ2) is 7.80. The van der Waals surface area contributed by atoms with E-state index in [2.05, 4.69) is 21.7 Å². The van der Waals surface area contributed by atoms with Crippen LogP contribution in [0.1, 0.15) is 23.1 Å². The third-order valence-corrected chi connectivity index (χ3v) is 3.62. The molecular weight excluding hydrogens is 298 g/mol. The molecular formula is C17H20ClN3O. The molecule has 22 heavy (non-hydrogen) atoms. The van der Waals surface area contributed by atoms with Crippen molar-refractivity contribution in [3.8, 4) is 0 Å². The summed E-state index contributed by atoms with van der Waals surface area (Å²) in [5.41, 5.74) is 4.15. The molecule has 0 fully saturated rings. The predicted octanol–water partition coefficient (Wildman–Crippen LogP) is 3.47. The van der Waals surface area contributed by atoms with Gasteiger partial charge in [0.15, 0.2) is 0 Å². The molecule has 0 radical (unpaired) electrons. The second-order valence-corrected chi connectivity index (χ2v) is 5.65. The zero-order chi connectivity index (χ0) is 15.9. The minimum Gasteiger partial charge on any atom is -0.383 e. The van der Waals surface area contributed by atoms with E-state index in [1.807, 2.05) is 32.0 Å². The molecule has 0 spiro atoms. The Morgan fingerprint density at radius 1 is 1.23 bits per heavy atom. The lowest BCUT2D eigenvalue weighted by molar-refractivity contribution is -0.121. The fourth-order valence-corrected chi connectivity index (χ4v) is 2.62. The van der Waals surface area contributed by atoms with E-state index < -0.39 is 0 Å². The minimum atomic E-state index is 0.00481. The van der Waals surface area contributed by atoms with Gasteiger partial charge in [-0.1, -0.05) is 17.7 Å². The average molecular weight is 318 g/mol. The summed E-state index contributed by atoms with van der Waals surface area (Å²) in [6.45, 7) is 5.08. The summed E-state index contributed by atoms with van der Waals surface area (Å²) in [6, 6.07) is 7.75. The summed E-state index contributed by atoms with van der Waals surface area (Å²) in [5.74, 6) is 0.00481. The van der Waals surface area contributed by atoms with Crippen LogP contribution >= 0.6 is 11.6 Å². The van der Waals surface area contributed by atoms with Gasteiger partial charge in [-0.3, -0.25) is 9.78 Å². The van der Waals surface area contributed by atoms with Crippen LogP contribution in [0, 0.1) is 13.8 Å². The van der Waals surface area contributed by atoms with Gasteiger partial charge in [0.1, 0.15) is 0 Å². The number of pyridine rings is 1. The van der Waals surface area contributed by atoms with Crippen LogP contribution in [-0.2, 0) is 11.3 Å². The Morgan fingerprint density at radius 3 is 2.64 bits per heavy atom. The summed E-state index contributed by atoms with van der Waals surface area (Å²) in [6.07, 6.45) is 3.82. The van der Waals surface area contributed by atoms with Crippen LogP contribution in [0.2, 0.25) is 5.02 Å². The predicted molar refractivity (Wildman–Crippen MR) is 90.1 cm³/mol. The molecule has 0 aliphatic carbocycles. The highest BCUT2D eigenvalue weighted by Crippen LogP contribution is 2.27. The van der Waals surface area contributed by atoms with E-state index >= 15 is 0 Å². The van der Waals surface area contributed by atoms with Gasteiger partial charge in [-0.05, 0) is 48.7 Å². The van der Waals surface area contributed by atoms with Crippen LogP contribution in [0.25, 0.3) is 0 Å². The molecule has 0 atom stereocenters. The van der Waals surface area contributed by atoms with Crippen molar-refractivity contribution in [3.63, 3.8) is 0 Å². The number of aromatic nitrogens is 1. The maximum atomic E-state index is 11.8. The normalized spacial score (nSPS) is 10.3. The molecule has 1 aromatic heterocycles. The molecule has 1 amide bonds. The van der Waals surface area contributed by atoms with E-state index in [0.717, 1.165) is 22.4 Å². The van der Waals surface area contributed by atoms with Crippen LogP contribution in [-0.4, -0.2) is 17.4 Å². The number of nitrogens with zero attached hydrogens (tertiary/aromatic N) is 1. The zero-order valence-electron chi connectivity index (χ0n) is 12.8. The van der Waals surface area contributed by atoms with E-state index in [1.54, 1.807) is 12.4 Å². The molecule has 0 bridgehead atoms. The highest BCUT2D eigenvalue weighted by Gasteiger charge is 2.06. The van der Waals surface area contributed by atoms with E-state index in [9.17, 15) is 4.79 Å². The summed E-state index contributed by atoms with van der Waals surface area (Å²) in [7, 11) is 0. The number of rotatable bonds is 6. The molecule has 0 saturated carbocycles. The lowest BCUT2D eigenvalue weighted by Gasteiger charge is -2.12. The Kier molecular flexibility index (Phi) is 5.78. The number of hydrogen-bond donors (Lipinski definition) is 2. The van der Waals surface area contributed by atoms with Gasteiger partial charge in [0.2, 0.25) is 5.91 Å². The number of anilines is 1.